The van der Waals surface area contributed by atoms with Gasteiger partial charge in [-0.15, -0.1) is 0 Å². The molecule has 0 aliphatic rings. The number of aliphatic hydroxyl groups is 1. The number of para-hydroxylation sites is 1. The predicted octanol–water partition coefficient (Wildman–Crippen LogP) is 2.08. The quantitative estimate of drug-likeness (QED) is 0.671. The predicted molar refractivity (Wildman–Crippen MR) is 102 cm³/mol. The molecule has 0 amide bonds. The minimum absolute atomic E-state index is 0.102. The fourth-order valence-corrected chi connectivity index (χ4v) is 2.97. The zero-order valence-corrected chi connectivity index (χ0v) is 15.3. The summed E-state index contributed by atoms with van der Waals surface area (Å²) in [6, 6.07) is 15.7. The van der Waals surface area contributed by atoms with Crippen LogP contribution in [0.4, 0.5) is 0 Å². The molecule has 140 valence electrons. The molecule has 27 heavy (non-hydrogen) atoms. The van der Waals surface area contributed by atoms with Crippen LogP contribution in [0.5, 0.6) is 0 Å². The van der Waals surface area contributed by atoms with Gasteiger partial charge in [0.05, 0.1) is 18.0 Å². The highest BCUT2D eigenvalue weighted by Crippen LogP contribution is 2.24. The summed E-state index contributed by atoms with van der Waals surface area (Å²) in [5, 5.41) is 10.5. The number of aromatic nitrogens is 2. The van der Waals surface area contributed by atoms with Crippen LogP contribution < -0.4 is 11.0 Å². The molecule has 0 fully saturated rings. The number of methoxy groups -OCH3 is 1. The molecule has 0 aliphatic carbocycles. The van der Waals surface area contributed by atoms with Crippen molar-refractivity contribution in [2.24, 2.45) is 0 Å². The maximum absolute atomic E-state index is 13.1. The summed E-state index contributed by atoms with van der Waals surface area (Å²) in [4.78, 5) is 30.1. The van der Waals surface area contributed by atoms with Crippen LogP contribution in [0.3, 0.4) is 0 Å². The molecule has 0 spiro atoms. The van der Waals surface area contributed by atoms with Gasteiger partial charge in [-0.1, -0.05) is 42.5 Å². The van der Waals surface area contributed by atoms with Crippen molar-refractivity contribution in [1.82, 2.24) is 9.66 Å². The Morgan fingerprint density at radius 1 is 1.19 bits per heavy atom. The number of ether oxygens (including phenoxy) is 1. The van der Waals surface area contributed by atoms with E-state index in [1.54, 1.807) is 55.5 Å². The third-order valence-electron chi connectivity index (χ3n) is 4.46. The number of hydrogen-bond donors (Lipinski definition) is 2. The van der Waals surface area contributed by atoms with Crippen molar-refractivity contribution >= 4 is 16.9 Å². The van der Waals surface area contributed by atoms with Gasteiger partial charge in [0.2, 0.25) is 0 Å². The summed E-state index contributed by atoms with van der Waals surface area (Å²) in [6.45, 7) is 3.12. The number of esters is 1. The largest absolute Gasteiger partial charge is 0.467 e. The van der Waals surface area contributed by atoms with Crippen LogP contribution in [-0.2, 0) is 15.1 Å². The molecular formula is C20H21N3O4. The second-order valence-corrected chi connectivity index (χ2v) is 6.40. The van der Waals surface area contributed by atoms with Crippen LogP contribution in [0.2, 0.25) is 0 Å². The molecule has 0 saturated heterocycles. The van der Waals surface area contributed by atoms with Crippen molar-refractivity contribution in [3.63, 3.8) is 0 Å². The summed E-state index contributed by atoms with van der Waals surface area (Å²) in [5.74, 6) is -0.477. The van der Waals surface area contributed by atoms with Crippen molar-refractivity contribution in [3.05, 3.63) is 76.3 Å². The maximum Gasteiger partial charge on any atom is 0.337 e. The lowest BCUT2D eigenvalue weighted by Crippen LogP contribution is -2.50. The van der Waals surface area contributed by atoms with E-state index in [1.165, 1.54) is 14.0 Å². The van der Waals surface area contributed by atoms with Gasteiger partial charge in [-0.3, -0.25) is 10.2 Å². The van der Waals surface area contributed by atoms with E-state index < -0.39 is 23.2 Å². The van der Waals surface area contributed by atoms with Gasteiger partial charge in [-0.2, -0.15) is 0 Å². The van der Waals surface area contributed by atoms with Crippen LogP contribution in [-0.4, -0.2) is 27.8 Å². The molecule has 7 heteroatoms. The Hall–Kier alpha value is -3.19. The summed E-state index contributed by atoms with van der Waals surface area (Å²) in [7, 11) is 1.28. The summed E-state index contributed by atoms with van der Waals surface area (Å²) in [6.07, 6.45) is -1.03. The monoisotopic (exact) mass is 367 g/mol. The van der Waals surface area contributed by atoms with E-state index >= 15 is 0 Å². The summed E-state index contributed by atoms with van der Waals surface area (Å²) >= 11 is 0. The SMILES string of the molecule is COC(=O)C(C)(Nn1c(C(C)O)nc2ccccc2c1=O)c1ccccc1. The van der Waals surface area contributed by atoms with Gasteiger partial charge in [-0.05, 0) is 31.5 Å². The van der Waals surface area contributed by atoms with Crippen LogP contribution >= 0.6 is 0 Å². The minimum atomic E-state index is -1.37. The number of fused-ring (bicyclic) bond motifs is 1. The van der Waals surface area contributed by atoms with Crippen molar-refractivity contribution < 1.29 is 14.6 Å². The molecule has 2 unspecified atom stereocenters. The molecule has 2 atom stereocenters. The van der Waals surface area contributed by atoms with E-state index in [4.69, 9.17) is 4.74 Å². The number of carbonyl (C=O) groups is 1. The number of hydrogen-bond acceptors (Lipinski definition) is 6. The minimum Gasteiger partial charge on any atom is -0.467 e. The van der Waals surface area contributed by atoms with Crippen molar-refractivity contribution in [2.45, 2.75) is 25.5 Å². The lowest BCUT2D eigenvalue weighted by molar-refractivity contribution is -0.146. The molecule has 0 saturated carbocycles. The molecular weight excluding hydrogens is 346 g/mol. The first-order valence-corrected chi connectivity index (χ1v) is 8.50. The van der Waals surface area contributed by atoms with E-state index in [2.05, 4.69) is 10.4 Å². The Morgan fingerprint density at radius 3 is 2.44 bits per heavy atom. The normalized spacial score (nSPS) is 14.4. The zero-order valence-electron chi connectivity index (χ0n) is 15.3. The third-order valence-corrected chi connectivity index (χ3v) is 4.46. The van der Waals surface area contributed by atoms with E-state index in [-0.39, 0.29) is 5.82 Å². The average molecular weight is 367 g/mol. The molecule has 1 heterocycles. The molecule has 1 aromatic heterocycles. The van der Waals surface area contributed by atoms with Gasteiger partial charge in [0, 0.05) is 0 Å². The van der Waals surface area contributed by atoms with Crippen LogP contribution in [0.25, 0.3) is 10.9 Å². The second-order valence-electron chi connectivity index (χ2n) is 6.40. The first kappa shape index (κ1) is 18.6. The van der Waals surface area contributed by atoms with Crippen molar-refractivity contribution in [2.75, 3.05) is 12.5 Å². The molecule has 7 nitrogen and oxygen atoms in total. The molecule has 3 aromatic rings. The topological polar surface area (TPSA) is 93.4 Å². The highest BCUT2D eigenvalue weighted by Gasteiger charge is 2.38. The number of nitrogens with one attached hydrogen (secondary N) is 1. The van der Waals surface area contributed by atoms with Crippen LogP contribution in [0.15, 0.2) is 59.4 Å². The first-order chi connectivity index (χ1) is 12.9. The van der Waals surface area contributed by atoms with E-state index in [0.29, 0.717) is 16.5 Å². The molecule has 2 aromatic carbocycles. The van der Waals surface area contributed by atoms with E-state index in [0.717, 1.165) is 4.68 Å². The van der Waals surface area contributed by atoms with Crippen molar-refractivity contribution in [3.8, 4) is 0 Å². The van der Waals surface area contributed by atoms with E-state index in [9.17, 15) is 14.7 Å². The van der Waals surface area contributed by atoms with Gasteiger partial charge >= 0.3 is 5.97 Å². The molecule has 0 bridgehead atoms. The number of carbonyl (C=O) groups excluding carboxylic acids is 1. The first-order valence-electron chi connectivity index (χ1n) is 8.50. The Kier molecular flexibility index (Phi) is 4.96. The Morgan fingerprint density at radius 2 is 1.81 bits per heavy atom. The smallest absolute Gasteiger partial charge is 0.337 e. The van der Waals surface area contributed by atoms with Gasteiger partial charge < -0.3 is 9.84 Å². The Bertz CT molecular complexity index is 1030. The number of nitrogens with zero attached hydrogens (tertiary/aromatic N) is 2. The van der Waals surface area contributed by atoms with Crippen molar-refractivity contribution in [1.29, 1.82) is 0 Å². The zero-order chi connectivity index (χ0) is 19.6. The lowest BCUT2D eigenvalue weighted by Gasteiger charge is -2.31. The molecule has 0 radical (unpaired) electrons. The Labute approximate surface area is 156 Å². The average Bonchev–Trinajstić information content (AvgIpc) is 2.69. The number of rotatable bonds is 5. The summed E-state index contributed by atoms with van der Waals surface area (Å²) in [5.41, 5.74) is 2.23. The second kappa shape index (κ2) is 7.20. The third kappa shape index (κ3) is 3.29. The van der Waals surface area contributed by atoms with Gasteiger partial charge in [0.15, 0.2) is 11.4 Å². The van der Waals surface area contributed by atoms with Gasteiger partial charge in [-0.25, -0.2) is 14.5 Å². The fourth-order valence-electron chi connectivity index (χ4n) is 2.97. The number of aliphatic hydroxyl groups excluding tert-OH is 1. The highest BCUT2D eigenvalue weighted by atomic mass is 16.5. The number of benzene rings is 2. The fraction of sp³-hybridized carbons (Fsp3) is 0.250. The summed E-state index contributed by atoms with van der Waals surface area (Å²) < 4.78 is 6.09. The maximum atomic E-state index is 13.1. The lowest BCUT2D eigenvalue weighted by atomic mass is 9.93. The van der Waals surface area contributed by atoms with Crippen LogP contribution in [0, 0.1) is 0 Å². The molecule has 0 aliphatic heterocycles. The van der Waals surface area contributed by atoms with E-state index in [1.807, 2.05) is 6.07 Å². The molecule has 2 N–H and O–H groups in total. The van der Waals surface area contributed by atoms with Crippen LogP contribution in [0.1, 0.15) is 31.3 Å². The standard InChI is InChI=1S/C20H21N3O4/c1-13(24)17-21-16-12-8-7-11-15(16)18(25)23(17)22-20(2,19(26)27-3)14-9-5-4-6-10-14/h4-13,22,24H,1-3H3. The van der Waals surface area contributed by atoms with Gasteiger partial charge in [0.25, 0.3) is 5.56 Å². The highest BCUT2D eigenvalue weighted by molar-refractivity contribution is 5.84. The Balaban J connectivity index is 2.24. The molecule has 3 rings (SSSR count). The van der Waals surface area contributed by atoms with Gasteiger partial charge in [0.1, 0.15) is 6.10 Å².